The average Bonchev–Trinajstić information content (AvgIpc) is 3.00. The number of nitrogens with zero attached hydrogens (tertiary/aromatic N) is 4. The van der Waals surface area contributed by atoms with E-state index in [4.69, 9.17) is 5.84 Å². The Hall–Kier alpha value is -1.31. The van der Waals surface area contributed by atoms with Gasteiger partial charge in [0, 0.05) is 17.3 Å². The fraction of sp³-hybridized carbons (Fsp3) is 0.545. The SMILES string of the molecule is Cn1nnc(CC(CCCc2cccs2)NN)n1. The summed E-state index contributed by atoms with van der Waals surface area (Å²) in [5.41, 5.74) is 2.83. The van der Waals surface area contributed by atoms with Crippen LogP contribution >= 0.6 is 11.3 Å². The molecule has 3 N–H and O–H groups in total. The van der Waals surface area contributed by atoms with Crippen LogP contribution in [0.1, 0.15) is 23.5 Å². The highest BCUT2D eigenvalue weighted by Crippen LogP contribution is 2.13. The van der Waals surface area contributed by atoms with E-state index < -0.39 is 0 Å². The van der Waals surface area contributed by atoms with E-state index in [0.717, 1.165) is 31.5 Å². The molecule has 2 aromatic heterocycles. The van der Waals surface area contributed by atoms with Crippen molar-refractivity contribution in [2.45, 2.75) is 31.7 Å². The van der Waals surface area contributed by atoms with Crippen molar-refractivity contribution in [3.05, 3.63) is 28.2 Å². The van der Waals surface area contributed by atoms with E-state index in [1.807, 2.05) is 0 Å². The van der Waals surface area contributed by atoms with Crippen molar-refractivity contribution >= 4 is 11.3 Å². The van der Waals surface area contributed by atoms with Crippen LogP contribution in [-0.4, -0.2) is 26.2 Å². The first kappa shape index (κ1) is 13.1. The average molecular weight is 266 g/mol. The van der Waals surface area contributed by atoms with Gasteiger partial charge in [-0.25, -0.2) is 0 Å². The highest BCUT2D eigenvalue weighted by molar-refractivity contribution is 7.09. The molecule has 0 fully saturated rings. The predicted octanol–water partition coefficient (Wildman–Crippen LogP) is 0.669. The Labute approximate surface area is 110 Å². The fourth-order valence-corrected chi connectivity index (χ4v) is 2.60. The molecule has 0 spiro atoms. The summed E-state index contributed by atoms with van der Waals surface area (Å²) in [6.07, 6.45) is 3.93. The molecule has 0 saturated heterocycles. The first-order valence-corrected chi connectivity index (χ1v) is 6.87. The molecule has 1 atom stereocenters. The molecule has 0 amide bonds. The Morgan fingerprint density at radius 3 is 3.06 bits per heavy atom. The molecule has 0 aliphatic heterocycles. The molecule has 6 nitrogen and oxygen atoms in total. The minimum absolute atomic E-state index is 0.203. The third-order valence-electron chi connectivity index (χ3n) is 2.77. The largest absolute Gasteiger partial charge is 0.271 e. The molecule has 1 unspecified atom stereocenters. The Balaban J connectivity index is 1.75. The van der Waals surface area contributed by atoms with Gasteiger partial charge >= 0.3 is 0 Å². The highest BCUT2D eigenvalue weighted by atomic mass is 32.1. The summed E-state index contributed by atoms with van der Waals surface area (Å²) in [5.74, 6) is 6.29. The molecule has 0 aliphatic rings. The number of rotatable bonds is 7. The molecule has 0 bridgehead atoms. The molecular weight excluding hydrogens is 248 g/mol. The summed E-state index contributed by atoms with van der Waals surface area (Å²) in [5, 5.41) is 14.0. The normalized spacial score (nSPS) is 12.8. The van der Waals surface area contributed by atoms with Crippen LogP contribution in [0.4, 0.5) is 0 Å². The van der Waals surface area contributed by atoms with Gasteiger partial charge in [-0.3, -0.25) is 11.3 Å². The molecule has 0 radical (unpaired) electrons. The van der Waals surface area contributed by atoms with Gasteiger partial charge in [0.25, 0.3) is 0 Å². The molecule has 2 rings (SSSR count). The van der Waals surface area contributed by atoms with Crippen molar-refractivity contribution in [1.29, 1.82) is 0 Å². The standard InChI is InChI=1S/C11H18N6S/c1-17-15-11(14-16-17)8-9(13-12)4-2-5-10-6-3-7-18-10/h3,6-7,9,13H,2,4-5,8,12H2,1H3. The van der Waals surface area contributed by atoms with E-state index in [-0.39, 0.29) is 6.04 Å². The number of aryl methyl sites for hydroxylation is 2. The number of tetrazole rings is 1. The van der Waals surface area contributed by atoms with Crippen molar-refractivity contribution in [2.75, 3.05) is 0 Å². The summed E-state index contributed by atoms with van der Waals surface area (Å²) in [6, 6.07) is 4.45. The molecule has 0 aromatic carbocycles. The van der Waals surface area contributed by atoms with E-state index in [1.165, 1.54) is 9.67 Å². The van der Waals surface area contributed by atoms with E-state index in [1.54, 1.807) is 18.4 Å². The second-order valence-corrected chi connectivity index (χ2v) is 5.27. The minimum Gasteiger partial charge on any atom is -0.271 e. The summed E-state index contributed by atoms with van der Waals surface area (Å²) < 4.78 is 0. The maximum atomic E-state index is 5.56. The lowest BCUT2D eigenvalue weighted by Crippen LogP contribution is -2.37. The number of hydrogen-bond acceptors (Lipinski definition) is 6. The monoisotopic (exact) mass is 266 g/mol. The number of nitrogens with two attached hydrogens (primary N) is 1. The second kappa shape index (κ2) is 6.58. The van der Waals surface area contributed by atoms with Crippen molar-refractivity contribution in [3.8, 4) is 0 Å². The Bertz CT molecular complexity index is 452. The lowest BCUT2D eigenvalue weighted by Gasteiger charge is -2.13. The molecule has 2 heterocycles. The van der Waals surface area contributed by atoms with Crippen molar-refractivity contribution in [2.24, 2.45) is 12.9 Å². The van der Waals surface area contributed by atoms with Crippen molar-refractivity contribution in [3.63, 3.8) is 0 Å². The van der Waals surface area contributed by atoms with Gasteiger partial charge in [-0.1, -0.05) is 6.07 Å². The summed E-state index contributed by atoms with van der Waals surface area (Å²) in [4.78, 5) is 2.89. The van der Waals surface area contributed by atoms with Gasteiger partial charge in [-0.05, 0) is 35.9 Å². The topological polar surface area (TPSA) is 81.7 Å². The zero-order chi connectivity index (χ0) is 12.8. The number of aromatic nitrogens is 4. The zero-order valence-electron chi connectivity index (χ0n) is 10.4. The number of nitrogens with one attached hydrogen (secondary N) is 1. The first-order chi connectivity index (χ1) is 8.78. The van der Waals surface area contributed by atoms with E-state index in [2.05, 4.69) is 38.3 Å². The maximum absolute atomic E-state index is 5.56. The summed E-state index contributed by atoms with van der Waals surface area (Å²) >= 11 is 1.80. The quantitative estimate of drug-likeness (QED) is 0.568. The molecule has 0 aliphatic carbocycles. The van der Waals surface area contributed by atoms with Crippen LogP contribution in [-0.2, 0) is 19.9 Å². The van der Waals surface area contributed by atoms with Crippen molar-refractivity contribution in [1.82, 2.24) is 25.6 Å². The third-order valence-corrected chi connectivity index (χ3v) is 3.71. The Morgan fingerprint density at radius 2 is 2.44 bits per heavy atom. The van der Waals surface area contributed by atoms with Crippen molar-refractivity contribution < 1.29 is 0 Å². The van der Waals surface area contributed by atoms with E-state index in [9.17, 15) is 0 Å². The lowest BCUT2D eigenvalue weighted by molar-refractivity contribution is 0.467. The Morgan fingerprint density at radius 1 is 1.56 bits per heavy atom. The lowest BCUT2D eigenvalue weighted by atomic mass is 10.1. The highest BCUT2D eigenvalue weighted by Gasteiger charge is 2.11. The van der Waals surface area contributed by atoms with Gasteiger partial charge in [-0.2, -0.15) is 4.80 Å². The van der Waals surface area contributed by atoms with E-state index >= 15 is 0 Å². The van der Waals surface area contributed by atoms with Gasteiger partial charge in [0.05, 0.1) is 7.05 Å². The minimum atomic E-state index is 0.203. The van der Waals surface area contributed by atoms with Gasteiger partial charge in [-0.15, -0.1) is 21.5 Å². The van der Waals surface area contributed by atoms with E-state index in [0.29, 0.717) is 0 Å². The smallest absolute Gasteiger partial charge is 0.176 e. The van der Waals surface area contributed by atoms with Crippen LogP contribution in [0.3, 0.4) is 0 Å². The molecular formula is C11H18N6S. The van der Waals surface area contributed by atoms with Gasteiger partial charge in [0.15, 0.2) is 5.82 Å². The maximum Gasteiger partial charge on any atom is 0.176 e. The van der Waals surface area contributed by atoms with Crippen LogP contribution in [0.5, 0.6) is 0 Å². The fourth-order valence-electron chi connectivity index (χ4n) is 1.85. The van der Waals surface area contributed by atoms with Crippen LogP contribution in [0.25, 0.3) is 0 Å². The predicted molar refractivity (Wildman–Crippen MR) is 70.9 cm³/mol. The van der Waals surface area contributed by atoms with Crippen LogP contribution < -0.4 is 11.3 Å². The van der Waals surface area contributed by atoms with Gasteiger partial charge in [0.1, 0.15) is 0 Å². The molecule has 18 heavy (non-hydrogen) atoms. The number of thiophene rings is 1. The molecule has 98 valence electrons. The number of hydrogen-bond donors (Lipinski definition) is 2. The second-order valence-electron chi connectivity index (χ2n) is 4.23. The van der Waals surface area contributed by atoms with Crippen LogP contribution in [0.15, 0.2) is 17.5 Å². The van der Waals surface area contributed by atoms with Crippen LogP contribution in [0, 0.1) is 0 Å². The summed E-state index contributed by atoms with van der Waals surface area (Å²) in [6.45, 7) is 0. The molecule has 0 saturated carbocycles. The Kier molecular flexibility index (Phi) is 4.80. The van der Waals surface area contributed by atoms with Crippen LogP contribution in [0.2, 0.25) is 0 Å². The van der Waals surface area contributed by atoms with Gasteiger partial charge < -0.3 is 0 Å². The molecule has 2 aromatic rings. The van der Waals surface area contributed by atoms with Gasteiger partial charge in [0.2, 0.25) is 0 Å². The number of hydrazine groups is 1. The summed E-state index contributed by atoms with van der Waals surface area (Å²) in [7, 11) is 1.76. The third kappa shape index (κ3) is 3.86. The first-order valence-electron chi connectivity index (χ1n) is 5.99. The molecule has 7 heteroatoms. The zero-order valence-corrected chi connectivity index (χ0v) is 11.2.